The van der Waals surface area contributed by atoms with E-state index in [4.69, 9.17) is 14.6 Å². The van der Waals surface area contributed by atoms with Crippen molar-refractivity contribution in [3.8, 4) is 0 Å². The summed E-state index contributed by atoms with van der Waals surface area (Å²) in [6.45, 7) is 3.84. The number of rotatable bonds is 13. The zero-order chi connectivity index (χ0) is 14.9. The normalized spacial score (nSPS) is 12.1. The molecule has 0 aliphatic carbocycles. The van der Waals surface area contributed by atoms with Gasteiger partial charge in [0.1, 0.15) is 6.61 Å². The fraction of sp³-hybridized carbons (Fsp3) is 0.562. The van der Waals surface area contributed by atoms with Gasteiger partial charge in [-0.2, -0.15) is 0 Å². The Morgan fingerprint density at radius 3 is 2.25 bits per heavy atom. The Morgan fingerprint density at radius 2 is 1.60 bits per heavy atom. The minimum absolute atomic E-state index is 0.220. The van der Waals surface area contributed by atoms with Crippen molar-refractivity contribution in [1.82, 2.24) is 0 Å². The van der Waals surface area contributed by atoms with Crippen molar-refractivity contribution in [3.63, 3.8) is 0 Å². The number of aliphatic carboxylic acids is 1. The van der Waals surface area contributed by atoms with Gasteiger partial charge in [-0.3, -0.25) is 0 Å². The number of hydrogen-bond donors (Lipinski definition) is 1. The van der Waals surface area contributed by atoms with Crippen LogP contribution >= 0.6 is 0 Å². The van der Waals surface area contributed by atoms with E-state index in [9.17, 15) is 4.79 Å². The van der Waals surface area contributed by atoms with E-state index in [-0.39, 0.29) is 6.61 Å². The van der Waals surface area contributed by atoms with Crippen molar-refractivity contribution in [2.45, 2.75) is 32.6 Å². The molecule has 0 rings (SSSR count). The van der Waals surface area contributed by atoms with Gasteiger partial charge in [0.2, 0.25) is 0 Å². The zero-order valence-electron chi connectivity index (χ0n) is 12.3. The van der Waals surface area contributed by atoms with Crippen LogP contribution in [-0.4, -0.2) is 37.5 Å². The SMILES string of the molecule is CCCOC/C=C/C/C=C/C/C=C/CCOCC(=O)O. The number of carboxylic acids is 1. The van der Waals surface area contributed by atoms with Gasteiger partial charge in [-0.1, -0.05) is 43.4 Å². The second-order valence-electron chi connectivity index (χ2n) is 4.20. The van der Waals surface area contributed by atoms with E-state index in [0.29, 0.717) is 13.2 Å². The van der Waals surface area contributed by atoms with Crippen LogP contribution in [0.15, 0.2) is 36.5 Å². The maximum absolute atomic E-state index is 10.2. The Bertz CT molecular complexity index is 306. The van der Waals surface area contributed by atoms with Crippen LogP contribution in [0.5, 0.6) is 0 Å². The molecule has 0 unspecified atom stereocenters. The van der Waals surface area contributed by atoms with Gasteiger partial charge in [0, 0.05) is 6.61 Å². The molecule has 0 amide bonds. The first-order valence-corrected chi connectivity index (χ1v) is 7.09. The number of ether oxygens (including phenoxy) is 2. The smallest absolute Gasteiger partial charge is 0.329 e. The summed E-state index contributed by atoms with van der Waals surface area (Å²) in [7, 11) is 0. The molecular weight excluding hydrogens is 256 g/mol. The van der Waals surface area contributed by atoms with Gasteiger partial charge in [-0.05, 0) is 25.7 Å². The largest absolute Gasteiger partial charge is 0.480 e. The summed E-state index contributed by atoms with van der Waals surface area (Å²) in [4.78, 5) is 10.2. The van der Waals surface area contributed by atoms with Crippen molar-refractivity contribution in [1.29, 1.82) is 0 Å². The molecule has 0 aromatic rings. The molecule has 0 aliphatic heterocycles. The minimum atomic E-state index is -0.926. The molecule has 0 fully saturated rings. The molecule has 0 spiro atoms. The van der Waals surface area contributed by atoms with Crippen molar-refractivity contribution >= 4 is 5.97 Å². The lowest BCUT2D eigenvalue weighted by Gasteiger charge is -1.96. The first-order chi connectivity index (χ1) is 9.77. The number of carboxylic acid groups (broad SMARTS) is 1. The van der Waals surface area contributed by atoms with Crippen molar-refractivity contribution in [3.05, 3.63) is 36.5 Å². The van der Waals surface area contributed by atoms with Crippen molar-refractivity contribution < 1.29 is 19.4 Å². The molecule has 0 aromatic carbocycles. The molecule has 20 heavy (non-hydrogen) atoms. The molecular formula is C16H26O4. The third-order valence-corrected chi connectivity index (χ3v) is 2.26. The monoisotopic (exact) mass is 282 g/mol. The van der Waals surface area contributed by atoms with E-state index >= 15 is 0 Å². The average molecular weight is 282 g/mol. The summed E-state index contributed by atoms with van der Waals surface area (Å²) in [6, 6.07) is 0. The molecule has 0 atom stereocenters. The lowest BCUT2D eigenvalue weighted by molar-refractivity contribution is -0.142. The van der Waals surface area contributed by atoms with Crippen LogP contribution in [0.2, 0.25) is 0 Å². The van der Waals surface area contributed by atoms with Gasteiger partial charge in [-0.15, -0.1) is 0 Å². The maximum Gasteiger partial charge on any atom is 0.329 e. The average Bonchev–Trinajstić information content (AvgIpc) is 2.43. The van der Waals surface area contributed by atoms with Gasteiger partial charge in [-0.25, -0.2) is 4.79 Å². The summed E-state index contributed by atoms with van der Waals surface area (Å²) in [5.74, 6) is -0.926. The Labute approximate surface area is 121 Å². The zero-order valence-corrected chi connectivity index (χ0v) is 12.3. The Morgan fingerprint density at radius 1 is 0.950 bits per heavy atom. The molecule has 0 saturated heterocycles. The minimum Gasteiger partial charge on any atom is -0.480 e. The lowest BCUT2D eigenvalue weighted by atomic mass is 10.3. The van der Waals surface area contributed by atoms with E-state index in [1.807, 2.05) is 12.2 Å². The summed E-state index contributed by atoms with van der Waals surface area (Å²) in [5, 5.41) is 8.35. The summed E-state index contributed by atoms with van der Waals surface area (Å²) >= 11 is 0. The van der Waals surface area contributed by atoms with Crippen LogP contribution in [-0.2, 0) is 14.3 Å². The van der Waals surface area contributed by atoms with Crippen molar-refractivity contribution in [2.75, 3.05) is 26.4 Å². The van der Waals surface area contributed by atoms with Gasteiger partial charge >= 0.3 is 5.97 Å². The van der Waals surface area contributed by atoms with E-state index in [1.54, 1.807) is 0 Å². The Kier molecular flexibility index (Phi) is 14.6. The van der Waals surface area contributed by atoms with E-state index in [2.05, 4.69) is 31.2 Å². The molecule has 0 bridgehead atoms. The van der Waals surface area contributed by atoms with Crippen LogP contribution in [0.1, 0.15) is 32.6 Å². The number of allylic oxidation sites excluding steroid dienone is 4. The second-order valence-corrected chi connectivity index (χ2v) is 4.20. The first kappa shape index (κ1) is 18.6. The van der Waals surface area contributed by atoms with Gasteiger partial charge < -0.3 is 14.6 Å². The number of hydrogen-bond acceptors (Lipinski definition) is 3. The van der Waals surface area contributed by atoms with E-state index < -0.39 is 5.97 Å². The summed E-state index contributed by atoms with van der Waals surface area (Å²) in [6.07, 6.45) is 16.0. The van der Waals surface area contributed by atoms with Crippen LogP contribution < -0.4 is 0 Å². The third kappa shape index (κ3) is 16.6. The molecule has 1 N–H and O–H groups in total. The highest BCUT2D eigenvalue weighted by molar-refractivity contribution is 5.67. The predicted octanol–water partition coefficient (Wildman–Crippen LogP) is 3.35. The summed E-state index contributed by atoms with van der Waals surface area (Å²) in [5.41, 5.74) is 0. The standard InChI is InChI=1S/C16H26O4/c1-2-12-19-13-10-8-6-4-3-5-7-9-11-14-20-15-16(17)18/h3-4,7-10H,2,5-6,11-15H2,1H3,(H,17,18)/b4-3+,9-7+,10-8+. The summed E-state index contributed by atoms with van der Waals surface area (Å²) < 4.78 is 10.2. The fourth-order valence-electron chi connectivity index (χ4n) is 1.33. The highest BCUT2D eigenvalue weighted by Crippen LogP contribution is 1.93. The molecule has 0 heterocycles. The number of carbonyl (C=O) groups is 1. The topological polar surface area (TPSA) is 55.8 Å². The van der Waals surface area contributed by atoms with Crippen LogP contribution in [0.4, 0.5) is 0 Å². The first-order valence-electron chi connectivity index (χ1n) is 7.09. The molecule has 0 saturated carbocycles. The molecule has 4 nitrogen and oxygen atoms in total. The molecule has 114 valence electrons. The molecule has 0 radical (unpaired) electrons. The predicted molar refractivity (Wildman–Crippen MR) is 80.8 cm³/mol. The van der Waals surface area contributed by atoms with Gasteiger partial charge in [0.15, 0.2) is 0 Å². The van der Waals surface area contributed by atoms with E-state index in [0.717, 1.165) is 32.3 Å². The molecule has 4 heteroatoms. The highest BCUT2D eigenvalue weighted by atomic mass is 16.5. The Hall–Kier alpha value is -1.39. The van der Waals surface area contributed by atoms with Crippen LogP contribution in [0.3, 0.4) is 0 Å². The quantitative estimate of drug-likeness (QED) is 0.416. The fourth-order valence-corrected chi connectivity index (χ4v) is 1.33. The van der Waals surface area contributed by atoms with Crippen LogP contribution in [0.25, 0.3) is 0 Å². The lowest BCUT2D eigenvalue weighted by Crippen LogP contribution is -2.07. The third-order valence-electron chi connectivity index (χ3n) is 2.26. The van der Waals surface area contributed by atoms with E-state index in [1.165, 1.54) is 0 Å². The highest BCUT2D eigenvalue weighted by Gasteiger charge is 1.93. The molecule has 0 aromatic heterocycles. The molecule has 0 aliphatic rings. The van der Waals surface area contributed by atoms with Gasteiger partial charge in [0.05, 0.1) is 13.2 Å². The van der Waals surface area contributed by atoms with Crippen LogP contribution in [0, 0.1) is 0 Å². The maximum atomic E-state index is 10.2. The second kappa shape index (κ2) is 15.7. The van der Waals surface area contributed by atoms with Gasteiger partial charge in [0.25, 0.3) is 0 Å². The van der Waals surface area contributed by atoms with Crippen molar-refractivity contribution in [2.24, 2.45) is 0 Å². The Balaban J connectivity index is 3.32.